The van der Waals surface area contributed by atoms with Crippen LogP contribution in [0.15, 0.2) is 36.4 Å². The van der Waals surface area contributed by atoms with Crippen molar-refractivity contribution in [2.45, 2.75) is 12.5 Å². The van der Waals surface area contributed by atoms with E-state index in [4.69, 9.17) is 14.2 Å². The summed E-state index contributed by atoms with van der Waals surface area (Å²) in [6.45, 7) is 0. The molecular formula is C18H17NO6. The van der Waals surface area contributed by atoms with E-state index < -0.39 is 12.1 Å². The molecule has 0 saturated carbocycles. The summed E-state index contributed by atoms with van der Waals surface area (Å²) in [5, 5.41) is 12.0. The van der Waals surface area contributed by atoms with E-state index >= 15 is 0 Å². The van der Waals surface area contributed by atoms with Crippen molar-refractivity contribution in [2.24, 2.45) is 0 Å². The molecule has 1 amide bonds. The number of ether oxygens (including phenoxy) is 3. The number of carbonyl (C=O) groups is 2. The molecule has 25 heavy (non-hydrogen) atoms. The van der Waals surface area contributed by atoms with Crippen LogP contribution in [0.25, 0.3) is 0 Å². The van der Waals surface area contributed by atoms with Crippen molar-refractivity contribution in [3.63, 3.8) is 0 Å². The molecule has 130 valence electrons. The van der Waals surface area contributed by atoms with Gasteiger partial charge in [-0.25, -0.2) is 4.79 Å². The van der Waals surface area contributed by atoms with E-state index in [9.17, 15) is 14.7 Å². The maximum atomic E-state index is 12.2. The van der Waals surface area contributed by atoms with E-state index in [1.165, 1.54) is 26.4 Å². The molecular weight excluding hydrogens is 326 g/mol. The standard InChI is InChI=1S/C18H17NO6/c1-23-13-8-7-12-14(25-18(22)16(12)17(13)24-2)9-15(21)19-10-3-5-11(20)6-4-10/h3-8,14,20H,9H2,1-2H3,(H,19,21)/t14-/m1/s1. The monoisotopic (exact) mass is 343 g/mol. The molecule has 2 aromatic rings. The van der Waals surface area contributed by atoms with Crippen LogP contribution in [0.3, 0.4) is 0 Å². The van der Waals surface area contributed by atoms with Crippen LogP contribution in [0.4, 0.5) is 5.69 Å². The first-order valence-electron chi connectivity index (χ1n) is 7.58. The minimum Gasteiger partial charge on any atom is -0.508 e. The highest BCUT2D eigenvalue weighted by molar-refractivity contribution is 5.99. The third-order valence-electron chi connectivity index (χ3n) is 3.90. The molecule has 0 unspecified atom stereocenters. The lowest BCUT2D eigenvalue weighted by Crippen LogP contribution is -2.15. The number of hydrogen-bond acceptors (Lipinski definition) is 6. The van der Waals surface area contributed by atoms with Gasteiger partial charge in [0.25, 0.3) is 0 Å². The summed E-state index contributed by atoms with van der Waals surface area (Å²) < 4.78 is 15.8. The van der Waals surface area contributed by atoms with Gasteiger partial charge >= 0.3 is 5.97 Å². The second kappa shape index (κ2) is 6.72. The Kier molecular flexibility index (Phi) is 4.47. The molecule has 0 fully saturated rings. The zero-order valence-electron chi connectivity index (χ0n) is 13.7. The number of esters is 1. The number of nitrogens with one attached hydrogen (secondary N) is 1. The summed E-state index contributed by atoms with van der Waals surface area (Å²) >= 11 is 0. The Morgan fingerprint density at radius 3 is 2.52 bits per heavy atom. The van der Waals surface area contributed by atoms with Crippen LogP contribution in [0.2, 0.25) is 0 Å². The van der Waals surface area contributed by atoms with E-state index in [1.54, 1.807) is 24.3 Å². The SMILES string of the molecule is COc1ccc2c(c1OC)C(=O)O[C@@H]2CC(=O)Nc1ccc(O)cc1. The van der Waals surface area contributed by atoms with Gasteiger partial charge in [-0.15, -0.1) is 0 Å². The van der Waals surface area contributed by atoms with Gasteiger partial charge in [-0.1, -0.05) is 6.07 Å². The summed E-state index contributed by atoms with van der Waals surface area (Å²) in [6.07, 6.45) is -0.728. The maximum Gasteiger partial charge on any atom is 0.343 e. The lowest BCUT2D eigenvalue weighted by Gasteiger charge is -2.12. The first-order valence-corrected chi connectivity index (χ1v) is 7.58. The van der Waals surface area contributed by atoms with Crippen molar-refractivity contribution in [1.82, 2.24) is 0 Å². The van der Waals surface area contributed by atoms with Gasteiger partial charge in [0.2, 0.25) is 5.91 Å². The van der Waals surface area contributed by atoms with E-state index in [0.717, 1.165) is 0 Å². The van der Waals surface area contributed by atoms with Crippen LogP contribution < -0.4 is 14.8 Å². The number of aromatic hydroxyl groups is 1. The van der Waals surface area contributed by atoms with Crippen LogP contribution in [-0.2, 0) is 9.53 Å². The lowest BCUT2D eigenvalue weighted by atomic mass is 10.0. The third-order valence-corrected chi connectivity index (χ3v) is 3.90. The van der Waals surface area contributed by atoms with Crippen molar-refractivity contribution in [3.05, 3.63) is 47.5 Å². The lowest BCUT2D eigenvalue weighted by molar-refractivity contribution is -0.118. The molecule has 0 bridgehead atoms. The number of carbonyl (C=O) groups excluding carboxylic acids is 2. The molecule has 2 aromatic carbocycles. The van der Waals surface area contributed by atoms with Crippen molar-refractivity contribution in [2.75, 3.05) is 19.5 Å². The highest BCUT2D eigenvalue weighted by atomic mass is 16.6. The van der Waals surface area contributed by atoms with Crippen LogP contribution in [0.1, 0.15) is 28.4 Å². The number of fused-ring (bicyclic) bond motifs is 1. The Morgan fingerprint density at radius 1 is 1.16 bits per heavy atom. The van der Waals surface area contributed by atoms with E-state index in [2.05, 4.69) is 5.32 Å². The first-order chi connectivity index (χ1) is 12.0. The van der Waals surface area contributed by atoms with Crippen LogP contribution >= 0.6 is 0 Å². The smallest absolute Gasteiger partial charge is 0.343 e. The zero-order chi connectivity index (χ0) is 18.0. The van der Waals surface area contributed by atoms with Crippen molar-refractivity contribution in [1.29, 1.82) is 0 Å². The number of methoxy groups -OCH3 is 2. The van der Waals surface area contributed by atoms with Crippen molar-refractivity contribution < 1.29 is 28.9 Å². The van der Waals surface area contributed by atoms with E-state index in [-0.39, 0.29) is 23.6 Å². The Bertz CT molecular complexity index is 815. The van der Waals surface area contributed by atoms with Crippen LogP contribution in [0, 0.1) is 0 Å². The molecule has 1 atom stereocenters. The summed E-state index contributed by atoms with van der Waals surface area (Å²) in [6, 6.07) is 9.46. The third kappa shape index (κ3) is 3.21. The molecule has 0 aromatic heterocycles. The summed E-state index contributed by atoms with van der Waals surface area (Å²) in [5.74, 6) is -0.0316. The average Bonchev–Trinajstić information content (AvgIpc) is 2.91. The number of hydrogen-bond donors (Lipinski definition) is 2. The minimum atomic E-state index is -0.695. The molecule has 0 spiro atoms. The maximum absolute atomic E-state index is 12.2. The highest BCUT2D eigenvalue weighted by Crippen LogP contribution is 2.43. The van der Waals surface area contributed by atoms with Gasteiger partial charge in [0.15, 0.2) is 11.5 Å². The quantitative estimate of drug-likeness (QED) is 0.640. The van der Waals surface area contributed by atoms with Gasteiger partial charge in [0.05, 0.1) is 20.6 Å². The van der Waals surface area contributed by atoms with Crippen molar-refractivity contribution >= 4 is 17.6 Å². The molecule has 0 radical (unpaired) electrons. The minimum absolute atomic E-state index is 0.0326. The number of phenolic OH excluding ortho intramolecular Hbond substituents is 1. The number of cyclic esters (lactones) is 1. The second-order valence-electron chi connectivity index (χ2n) is 5.46. The largest absolute Gasteiger partial charge is 0.508 e. The fourth-order valence-corrected chi connectivity index (χ4v) is 2.75. The summed E-state index contributed by atoms with van der Waals surface area (Å²) in [5.41, 5.74) is 1.41. The first kappa shape index (κ1) is 16.6. The van der Waals surface area contributed by atoms with Gasteiger partial charge in [-0.3, -0.25) is 4.79 Å². The highest BCUT2D eigenvalue weighted by Gasteiger charge is 2.36. The number of amides is 1. The van der Waals surface area contributed by atoms with Crippen molar-refractivity contribution in [3.8, 4) is 17.2 Å². The Labute approximate surface area is 144 Å². The van der Waals surface area contributed by atoms with Crippen LogP contribution in [-0.4, -0.2) is 31.2 Å². The Balaban J connectivity index is 1.79. The van der Waals surface area contributed by atoms with Crippen LogP contribution in [0.5, 0.6) is 17.2 Å². The summed E-state index contributed by atoms with van der Waals surface area (Å²) in [4.78, 5) is 24.4. The second-order valence-corrected chi connectivity index (χ2v) is 5.46. The van der Waals surface area contributed by atoms with Gasteiger partial charge in [-0.05, 0) is 30.3 Å². The molecule has 7 heteroatoms. The molecule has 7 nitrogen and oxygen atoms in total. The number of anilines is 1. The van der Waals surface area contributed by atoms with Gasteiger partial charge < -0.3 is 24.6 Å². The normalized spacial score (nSPS) is 15.3. The molecule has 1 heterocycles. The zero-order valence-corrected chi connectivity index (χ0v) is 13.7. The van der Waals surface area contributed by atoms with E-state index in [1.807, 2.05) is 0 Å². The van der Waals surface area contributed by atoms with Gasteiger partial charge in [0, 0.05) is 11.3 Å². The molecule has 0 saturated heterocycles. The number of benzene rings is 2. The molecule has 0 aliphatic carbocycles. The Hall–Kier alpha value is -3.22. The molecule has 3 rings (SSSR count). The fourth-order valence-electron chi connectivity index (χ4n) is 2.75. The van der Waals surface area contributed by atoms with E-state index in [0.29, 0.717) is 22.7 Å². The van der Waals surface area contributed by atoms with Gasteiger partial charge in [0.1, 0.15) is 17.4 Å². The predicted octanol–water partition coefficient (Wildman–Crippen LogP) is 2.65. The molecule has 1 aliphatic heterocycles. The summed E-state index contributed by atoms with van der Waals surface area (Å²) in [7, 11) is 2.92. The van der Waals surface area contributed by atoms with Gasteiger partial charge in [-0.2, -0.15) is 0 Å². The molecule has 2 N–H and O–H groups in total. The topological polar surface area (TPSA) is 94.1 Å². The fraction of sp³-hybridized carbons (Fsp3) is 0.222. The number of rotatable bonds is 5. The Morgan fingerprint density at radius 2 is 1.88 bits per heavy atom. The predicted molar refractivity (Wildman–Crippen MR) is 89.1 cm³/mol. The average molecular weight is 343 g/mol. The number of phenols is 1. The molecule has 1 aliphatic rings.